The molecule has 0 aromatic heterocycles. The van der Waals surface area contributed by atoms with Gasteiger partial charge in [0.05, 0.1) is 19.1 Å². The Kier molecular flexibility index (Phi) is 6.30. The number of nitrogens with zero attached hydrogens (tertiary/aromatic N) is 1. The predicted molar refractivity (Wildman–Crippen MR) is 100 cm³/mol. The van der Waals surface area contributed by atoms with E-state index in [0.717, 1.165) is 10.6 Å². The smallest absolute Gasteiger partial charge is 0.306 e. The van der Waals surface area contributed by atoms with Gasteiger partial charge in [0.25, 0.3) is 5.91 Å². The maximum absolute atomic E-state index is 12.6. The molecule has 1 heterocycles. The van der Waals surface area contributed by atoms with Crippen LogP contribution in [0.4, 0.5) is 0 Å². The summed E-state index contributed by atoms with van der Waals surface area (Å²) in [6, 6.07) is 17.8. The van der Waals surface area contributed by atoms with Crippen LogP contribution < -0.4 is 0 Å². The number of amides is 1. The lowest BCUT2D eigenvalue weighted by atomic mass is 10.1. The molecule has 5 nitrogen and oxygen atoms in total. The minimum atomic E-state index is -0.913. The number of carbonyl (C=O) groups is 2. The molecule has 26 heavy (non-hydrogen) atoms. The van der Waals surface area contributed by atoms with E-state index in [9.17, 15) is 9.59 Å². The first kappa shape index (κ1) is 18.5. The molecule has 1 unspecified atom stereocenters. The third-order valence-corrected chi connectivity index (χ3v) is 5.26. The zero-order chi connectivity index (χ0) is 18.4. The summed E-state index contributed by atoms with van der Waals surface area (Å²) in [6.07, 6.45) is -0.523. The van der Waals surface area contributed by atoms with Gasteiger partial charge in [-0.2, -0.15) is 0 Å². The normalized spacial score (nSPS) is 17.1. The fraction of sp³-hybridized carbons (Fsp3) is 0.300. The molecule has 0 saturated carbocycles. The Balaban J connectivity index is 1.57. The maximum atomic E-state index is 12.6. The monoisotopic (exact) mass is 371 g/mol. The van der Waals surface area contributed by atoms with E-state index in [0.29, 0.717) is 25.3 Å². The van der Waals surface area contributed by atoms with Gasteiger partial charge in [0, 0.05) is 29.3 Å². The Morgan fingerprint density at radius 2 is 1.85 bits per heavy atom. The van der Waals surface area contributed by atoms with Crippen molar-refractivity contribution in [1.29, 1.82) is 0 Å². The van der Waals surface area contributed by atoms with Crippen molar-refractivity contribution in [2.24, 2.45) is 0 Å². The number of ether oxygens (including phenoxy) is 1. The molecule has 1 amide bonds. The van der Waals surface area contributed by atoms with Crippen LogP contribution in [0.25, 0.3) is 0 Å². The second kappa shape index (κ2) is 8.87. The molecule has 1 saturated heterocycles. The molecular formula is C20H21NO4S. The van der Waals surface area contributed by atoms with Crippen molar-refractivity contribution in [2.75, 3.05) is 19.7 Å². The number of hydrogen-bond acceptors (Lipinski definition) is 4. The van der Waals surface area contributed by atoms with Crippen LogP contribution in [0.3, 0.4) is 0 Å². The van der Waals surface area contributed by atoms with Gasteiger partial charge in [0.1, 0.15) is 0 Å². The minimum absolute atomic E-state index is 0.0803. The van der Waals surface area contributed by atoms with Gasteiger partial charge in [-0.25, -0.2) is 0 Å². The number of morpholine rings is 1. The average molecular weight is 371 g/mol. The Bertz CT molecular complexity index is 748. The Morgan fingerprint density at radius 1 is 1.12 bits per heavy atom. The summed E-state index contributed by atoms with van der Waals surface area (Å²) in [5.74, 6) is -0.110. The molecule has 0 radical (unpaired) electrons. The number of carbonyl (C=O) groups excluding carboxylic acids is 1. The summed E-state index contributed by atoms with van der Waals surface area (Å²) in [7, 11) is 0. The van der Waals surface area contributed by atoms with Gasteiger partial charge in [0.15, 0.2) is 0 Å². The fourth-order valence-electron chi connectivity index (χ4n) is 2.84. The average Bonchev–Trinajstić information content (AvgIpc) is 2.67. The van der Waals surface area contributed by atoms with Crippen LogP contribution in [-0.4, -0.2) is 47.7 Å². The number of aliphatic carboxylic acids is 1. The summed E-state index contributed by atoms with van der Waals surface area (Å²) in [6.45, 7) is 1.17. The first-order chi connectivity index (χ1) is 12.6. The molecule has 1 atom stereocenters. The second-order valence-corrected chi connectivity index (χ2v) is 7.19. The van der Waals surface area contributed by atoms with E-state index in [4.69, 9.17) is 9.84 Å². The van der Waals surface area contributed by atoms with Gasteiger partial charge in [-0.15, -0.1) is 11.8 Å². The van der Waals surface area contributed by atoms with Gasteiger partial charge in [-0.05, 0) is 29.8 Å². The van der Waals surface area contributed by atoms with Crippen molar-refractivity contribution in [1.82, 2.24) is 4.90 Å². The van der Waals surface area contributed by atoms with Crippen molar-refractivity contribution < 1.29 is 19.4 Å². The van der Waals surface area contributed by atoms with E-state index in [1.54, 1.807) is 16.7 Å². The summed E-state index contributed by atoms with van der Waals surface area (Å²) < 4.78 is 5.42. The van der Waals surface area contributed by atoms with Crippen LogP contribution in [-0.2, 0) is 15.3 Å². The standard InChI is InChI=1S/C20H21NO4S/c22-19(23)12-17-13-21(10-11-25-17)20(24)16-6-8-18(9-7-16)26-14-15-4-2-1-3-5-15/h1-9,17H,10-14H2,(H,22,23). The molecule has 1 aliphatic heterocycles. The van der Waals surface area contributed by atoms with E-state index >= 15 is 0 Å². The molecule has 1 N–H and O–H groups in total. The summed E-state index contributed by atoms with van der Waals surface area (Å²) in [4.78, 5) is 26.2. The Morgan fingerprint density at radius 3 is 2.54 bits per heavy atom. The Labute approximate surface area is 157 Å². The summed E-state index contributed by atoms with van der Waals surface area (Å²) in [5, 5.41) is 8.89. The predicted octanol–water partition coefficient (Wildman–Crippen LogP) is 3.29. The molecular weight excluding hydrogens is 350 g/mol. The van der Waals surface area contributed by atoms with E-state index in [-0.39, 0.29) is 12.3 Å². The second-order valence-electron chi connectivity index (χ2n) is 6.14. The van der Waals surface area contributed by atoms with Gasteiger partial charge in [-0.3, -0.25) is 9.59 Å². The number of benzene rings is 2. The van der Waals surface area contributed by atoms with Crippen molar-refractivity contribution in [3.8, 4) is 0 Å². The maximum Gasteiger partial charge on any atom is 0.306 e. The molecule has 3 rings (SSSR count). The number of hydrogen-bond donors (Lipinski definition) is 1. The first-order valence-electron chi connectivity index (χ1n) is 8.51. The molecule has 1 fully saturated rings. The van der Waals surface area contributed by atoms with Gasteiger partial charge >= 0.3 is 5.97 Å². The molecule has 0 spiro atoms. The molecule has 136 valence electrons. The number of thioether (sulfide) groups is 1. The highest BCUT2D eigenvalue weighted by molar-refractivity contribution is 7.98. The highest BCUT2D eigenvalue weighted by Crippen LogP contribution is 2.23. The Hall–Kier alpha value is -2.31. The largest absolute Gasteiger partial charge is 0.481 e. The van der Waals surface area contributed by atoms with Gasteiger partial charge < -0.3 is 14.7 Å². The number of carboxylic acid groups (broad SMARTS) is 1. The van der Waals surface area contributed by atoms with E-state index in [1.807, 2.05) is 42.5 Å². The van der Waals surface area contributed by atoms with Crippen LogP contribution in [0, 0.1) is 0 Å². The zero-order valence-corrected chi connectivity index (χ0v) is 15.2. The van der Waals surface area contributed by atoms with Crippen molar-refractivity contribution in [3.63, 3.8) is 0 Å². The van der Waals surface area contributed by atoms with Crippen molar-refractivity contribution in [3.05, 3.63) is 65.7 Å². The molecule has 6 heteroatoms. The molecule has 2 aromatic rings. The molecule has 1 aliphatic rings. The van der Waals surface area contributed by atoms with Crippen LogP contribution in [0.5, 0.6) is 0 Å². The lowest BCUT2D eigenvalue weighted by Crippen LogP contribution is -2.46. The zero-order valence-electron chi connectivity index (χ0n) is 14.3. The number of rotatable bonds is 6. The molecule has 0 bridgehead atoms. The topological polar surface area (TPSA) is 66.8 Å². The summed E-state index contributed by atoms with van der Waals surface area (Å²) >= 11 is 1.73. The SMILES string of the molecule is O=C(O)CC1CN(C(=O)c2ccc(SCc3ccccc3)cc2)CCO1. The van der Waals surface area contributed by atoms with Gasteiger partial charge in [0.2, 0.25) is 0 Å². The van der Waals surface area contributed by atoms with Crippen LogP contribution in [0.2, 0.25) is 0 Å². The quantitative estimate of drug-likeness (QED) is 0.789. The molecule has 2 aromatic carbocycles. The van der Waals surface area contributed by atoms with Crippen molar-refractivity contribution in [2.45, 2.75) is 23.2 Å². The van der Waals surface area contributed by atoms with Crippen LogP contribution in [0.15, 0.2) is 59.5 Å². The lowest BCUT2D eigenvalue weighted by molar-refractivity contribution is -0.141. The summed E-state index contributed by atoms with van der Waals surface area (Å²) in [5.41, 5.74) is 1.88. The first-order valence-corrected chi connectivity index (χ1v) is 9.50. The molecule has 0 aliphatic carbocycles. The lowest BCUT2D eigenvalue weighted by Gasteiger charge is -2.32. The minimum Gasteiger partial charge on any atom is -0.481 e. The van der Waals surface area contributed by atoms with Crippen LogP contribution >= 0.6 is 11.8 Å². The third kappa shape index (κ3) is 5.09. The van der Waals surface area contributed by atoms with E-state index in [2.05, 4.69) is 12.1 Å². The van der Waals surface area contributed by atoms with Crippen molar-refractivity contribution >= 4 is 23.6 Å². The number of carboxylic acids is 1. The fourth-order valence-corrected chi connectivity index (χ4v) is 3.69. The van der Waals surface area contributed by atoms with Gasteiger partial charge in [-0.1, -0.05) is 30.3 Å². The van der Waals surface area contributed by atoms with E-state index < -0.39 is 12.1 Å². The highest BCUT2D eigenvalue weighted by atomic mass is 32.2. The third-order valence-electron chi connectivity index (χ3n) is 4.18. The van der Waals surface area contributed by atoms with E-state index in [1.165, 1.54) is 5.56 Å². The highest BCUT2D eigenvalue weighted by Gasteiger charge is 2.26. The van der Waals surface area contributed by atoms with Crippen LogP contribution in [0.1, 0.15) is 22.3 Å².